The Balaban J connectivity index is 2.21. The van der Waals surface area contributed by atoms with Gasteiger partial charge >= 0.3 is 11.9 Å². The second kappa shape index (κ2) is 22.2. The van der Waals surface area contributed by atoms with Gasteiger partial charge in [0, 0.05) is 80.3 Å². The molecular formula is C52H68O12. The molecule has 4 aromatic rings. The third-order valence-electron chi connectivity index (χ3n) is 12.7. The maximum absolute atomic E-state index is 14.2. The molecule has 0 radical (unpaired) electrons. The Morgan fingerprint density at radius 1 is 0.344 bits per heavy atom. The smallest absolute Gasteiger partial charge is 0.345 e. The average Bonchev–Trinajstić information content (AvgIpc) is 3.32. The zero-order valence-electron chi connectivity index (χ0n) is 40.3. The van der Waals surface area contributed by atoms with Gasteiger partial charge in [-0.15, -0.1) is 0 Å². The molecule has 1 aliphatic rings. The fraction of sp³-hybridized carbons (Fsp3) is 0.500. The van der Waals surface area contributed by atoms with Gasteiger partial charge in [-0.05, 0) is 49.9 Å². The van der Waals surface area contributed by atoms with Crippen molar-refractivity contribution in [1.29, 1.82) is 0 Å². The molecule has 0 spiro atoms. The summed E-state index contributed by atoms with van der Waals surface area (Å²) in [5.41, 5.74) is 6.90. The number of methoxy groups -OCH3 is 10. The van der Waals surface area contributed by atoms with E-state index in [1.807, 2.05) is 12.1 Å². The predicted octanol–water partition coefficient (Wildman–Crippen LogP) is 11.4. The zero-order valence-corrected chi connectivity index (χ0v) is 40.3. The van der Waals surface area contributed by atoms with E-state index in [2.05, 4.69) is 52.0 Å². The molecule has 8 bridgehead atoms. The normalized spacial score (nSPS) is 16.6. The van der Waals surface area contributed by atoms with Gasteiger partial charge in [0.2, 0.25) is 0 Å². The molecule has 5 rings (SSSR count). The highest BCUT2D eigenvalue weighted by Crippen LogP contribution is 2.55. The third kappa shape index (κ3) is 8.97. The van der Waals surface area contributed by atoms with Gasteiger partial charge < -0.3 is 47.4 Å². The van der Waals surface area contributed by atoms with Crippen LogP contribution in [0.1, 0.15) is 168 Å². The van der Waals surface area contributed by atoms with Gasteiger partial charge in [0.05, 0.1) is 71.1 Å². The summed E-state index contributed by atoms with van der Waals surface area (Å²) in [4.78, 5) is 28.4. The highest BCUT2D eigenvalue weighted by molar-refractivity contribution is 5.98. The quantitative estimate of drug-likeness (QED) is 0.0883. The first-order chi connectivity index (χ1) is 31.0. The standard InChI is InChI=1S/C52H68O12/c1-15-19-29-33-23-34(42(56-6)27-41(33)55-5)30(20-16-2)39-26-40(50(62-12)46(49(39)61-11)52(54)64-14)32(22-18-4)36-24-35(43(57-7)28-44(36)58-8)31(21-17-3)38-25-37(29)47(59-9)45(48(38)60-10)51(53)63-13/h23-32H,15-22H2,1-14H3/t29-,30+,31+,32-. The van der Waals surface area contributed by atoms with Crippen LogP contribution in [0.2, 0.25) is 0 Å². The van der Waals surface area contributed by atoms with Gasteiger partial charge in [-0.3, -0.25) is 0 Å². The number of benzene rings is 4. The van der Waals surface area contributed by atoms with Crippen molar-refractivity contribution in [2.75, 3.05) is 71.1 Å². The topological polar surface area (TPSA) is 126 Å². The summed E-state index contributed by atoms with van der Waals surface area (Å²) in [6, 6.07) is 12.4. The van der Waals surface area contributed by atoms with Crippen LogP contribution in [0.5, 0.6) is 46.0 Å². The minimum atomic E-state index is -0.591. The van der Waals surface area contributed by atoms with E-state index in [0.717, 1.165) is 70.2 Å². The molecule has 64 heavy (non-hydrogen) atoms. The minimum absolute atomic E-state index is 0.191. The predicted molar refractivity (Wildman–Crippen MR) is 248 cm³/mol. The van der Waals surface area contributed by atoms with Gasteiger partial charge in [-0.25, -0.2) is 9.59 Å². The van der Waals surface area contributed by atoms with Crippen molar-refractivity contribution in [1.82, 2.24) is 0 Å². The minimum Gasteiger partial charge on any atom is -0.496 e. The lowest BCUT2D eigenvalue weighted by Gasteiger charge is -2.32. The Kier molecular flexibility index (Phi) is 17.1. The SMILES string of the molecule is CCC[C@@H]1c2cc(c(OC)cc2OC)[C@H](CCC)c2cc(c(OC)c(C(=O)OC)c2OC)[C@H](CCC)c2cc(c(OC)cc2OC)[C@H](CCC)c2cc1c(OC)c(C(=O)OC)c2OC. The Labute approximate surface area is 379 Å². The maximum Gasteiger partial charge on any atom is 0.345 e. The summed E-state index contributed by atoms with van der Waals surface area (Å²) in [7, 11) is 15.6. The fourth-order valence-electron chi connectivity index (χ4n) is 9.93. The van der Waals surface area contributed by atoms with Gasteiger partial charge in [-0.2, -0.15) is 0 Å². The van der Waals surface area contributed by atoms with E-state index in [1.54, 1.807) is 56.9 Å². The van der Waals surface area contributed by atoms with Crippen LogP contribution >= 0.6 is 0 Å². The molecule has 0 N–H and O–H groups in total. The van der Waals surface area contributed by atoms with E-state index in [-0.39, 0.29) is 34.8 Å². The lowest BCUT2D eigenvalue weighted by atomic mass is 9.75. The van der Waals surface area contributed by atoms with Gasteiger partial charge in [0.25, 0.3) is 0 Å². The van der Waals surface area contributed by atoms with Crippen molar-refractivity contribution in [3.63, 3.8) is 0 Å². The molecule has 0 saturated carbocycles. The maximum atomic E-state index is 14.2. The van der Waals surface area contributed by atoms with Crippen molar-refractivity contribution in [3.8, 4) is 46.0 Å². The van der Waals surface area contributed by atoms with Gasteiger partial charge in [-0.1, -0.05) is 53.4 Å². The molecule has 0 amide bonds. The summed E-state index contributed by atoms with van der Waals surface area (Å²) in [6.07, 6.45) is 5.70. The molecule has 0 unspecified atom stereocenters. The van der Waals surface area contributed by atoms with Crippen molar-refractivity contribution in [2.45, 2.75) is 103 Å². The molecule has 1 aliphatic carbocycles. The molecule has 0 aliphatic heterocycles. The summed E-state index contributed by atoms with van der Waals surface area (Å²) in [6.45, 7) is 8.51. The van der Waals surface area contributed by atoms with E-state index in [1.165, 1.54) is 14.2 Å². The summed E-state index contributed by atoms with van der Waals surface area (Å²) in [5, 5.41) is 0. The van der Waals surface area contributed by atoms with Crippen molar-refractivity contribution >= 4 is 11.9 Å². The molecule has 0 fully saturated rings. The largest absolute Gasteiger partial charge is 0.496 e. The summed E-state index contributed by atoms with van der Waals surface area (Å²) in [5.74, 6) is 1.13. The van der Waals surface area contributed by atoms with Crippen LogP contribution in [0.15, 0.2) is 36.4 Å². The van der Waals surface area contributed by atoms with Crippen molar-refractivity contribution in [2.24, 2.45) is 0 Å². The molecule has 0 heterocycles. The highest BCUT2D eigenvalue weighted by Gasteiger charge is 2.38. The highest BCUT2D eigenvalue weighted by atomic mass is 16.5. The van der Waals surface area contributed by atoms with Crippen LogP contribution in [0.25, 0.3) is 0 Å². The molecule has 0 aromatic heterocycles. The molecule has 12 heteroatoms. The molecule has 348 valence electrons. The van der Waals surface area contributed by atoms with Crippen LogP contribution < -0.4 is 37.9 Å². The van der Waals surface area contributed by atoms with Crippen LogP contribution in [-0.4, -0.2) is 83.0 Å². The molecule has 4 aromatic carbocycles. The Hall–Kier alpha value is -5.78. The number of rotatable bonds is 18. The Morgan fingerprint density at radius 3 is 0.734 bits per heavy atom. The second-order valence-corrected chi connectivity index (χ2v) is 16.0. The Bertz CT molecular complexity index is 1990. The van der Waals surface area contributed by atoms with Crippen molar-refractivity contribution < 1.29 is 57.0 Å². The summed E-state index contributed by atoms with van der Waals surface area (Å²) < 4.78 is 61.1. The molecule has 12 nitrogen and oxygen atoms in total. The number of hydrogen-bond donors (Lipinski definition) is 0. The van der Waals surface area contributed by atoms with Gasteiger partial charge in [0.15, 0.2) is 0 Å². The first-order valence-electron chi connectivity index (χ1n) is 22.3. The molecule has 4 atom stereocenters. The number of carbonyl (C=O) groups excluding carboxylic acids is 2. The second-order valence-electron chi connectivity index (χ2n) is 16.0. The van der Waals surface area contributed by atoms with E-state index in [9.17, 15) is 9.59 Å². The van der Waals surface area contributed by atoms with Crippen LogP contribution in [0.4, 0.5) is 0 Å². The number of carbonyl (C=O) groups is 2. The summed E-state index contributed by atoms with van der Waals surface area (Å²) >= 11 is 0. The van der Waals surface area contributed by atoms with Crippen molar-refractivity contribution in [3.05, 3.63) is 92.0 Å². The number of esters is 2. The van der Waals surface area contributed by atoms with Gasteiger partial charge in [0.1, 0.15) is 57.1 Å². The van der Waals surface area contributed by atoms with Crippen LogP contribution in [0, 0.1) is 0 Å². The Morgan fingerprint density at radius 2 is 0.562 bits per heavy atom. The number of hydrogen-bond acceptors (Lipinski definition) is 12. The molecule has 0 saturated heterocycles. The van der Waals surface area contributed by atoms with Crippen LogP contribution in [0.3, 0.4) is 0 Å². The number of fused-ring (bicyclic) bond motifs is 8. The van der Waals surface area contributed by atoms with Crippen LogP contribution in [-0.2, 0) is 9.47 Å². The lowest BCUT2D eigenvalue weighted by Crippen LogP contribution is -2.18. The van der Waals surface area contributed by atoms with E-state index >= 15 is 0 Å². The molecular weight excluding hydrogens is 817 g/mol. The first-order valence-corrected chi connectivity index (χ1v) is 22.3. The monoisotopic (exact) mass is 884 g/mol. The van der Waals surface area contributed by atoms with E-state index in [4.69, 9.17) is 47.4 Å². The third-order valence-corrected chi connectivity index (χ3v) is 12.7. The number of ether oxygens (including phenoxy) is 10. The zero-order chi connectivity index (χ0) is 46.8. The average molecular weight is 885 g/mol. The lowest BCUT2D eigenvalue weighted by molar-refractivity contribution is 0.0583. The first kappa shape index (κ1) is 49.2. The van der Waals surface area contributed by atoms with E-state index < -0.39 is 11.9 Å². The van der Waals surface area contributed by atoms with E-state index in [0.29, 0.717) is 71.7 Å². The fourth-order valence-corrected chi connectivity index (χ4v) is 9.93.